The molecule has 0 spiro atoms. The summed E-state index contributed by atoms with van der Waals surface area (Å²) >= 11 is 1.79. The number of hydrogen-bond donors (Lipinski definition) is 1. The lowest BCUT2D eigenvalue weighted by Gasteiger charge is -2.25. The maximum Gasteiger partial charge on any atom is 0.185 e. The minimum absolute atomic E-state index is 0.272. The molecule has 1 aliphatic heterocycles. The molecule has 0 bridgehead atoms. The normalized spacial score (nSPS) is 18.8. The van der Waals surface area contributed by atoms with Gasteiger partial charge < -0.3 is 15.4 Å². The Balaban J connectivity index is 1.90. The fourth-order valence-electron chi connectivity index (χ4n) is 1.68. The number of nitrogens with zero attached hydrogens (tertiary/aromatic N) is 2. The van der Waals surface area contributed by atoms with Crippen molar-refractivity contribution in [2.24, 2.45) is 5.73 Å². The molecule has 0 unspecified atom stereocenters. The summed E-state index contributed by atoms with van der Waals surface area (Å²) in [5.74, 6) is 0. The van der Waals surface area contributed by atoms with Gasteiger partial charge in [-0.3, -0.25) is 0 Å². The van der Waals surface area contributed by atoms with Gasteiger partial charge in [0.15, 0.2) is 5.13 Å². The molecule has 90 valence electrons. The van der Waals surface area contributed by atoms with Crippen molar-refractivity contribution >= 4 is 16.5 Å². The van der Waals surface area contributed by atoms with E-state index in [1.165, 1.54) is 4.88 Å². The highest BCUT2D eigenvalue weighted by molar-refractivity contribution is 7.15. The molecule has 4 nitrogen and oxygen atoms in total. The van der Waals surface area contributed by atoms with Crippen molar-refractivity contribution in [3.8, 4) is 0 Å². The summed E-state index contributed by atoms with van der Waals surface area (Å²) in [4.78, 5) is 8.09. The Morgan fingerprint density at radius 2 is 2.31 bits per heavy atom. The van der Waals surface area contributed by atoms with Crippen molar-refractivity contribution in [2.75, 3.05) is 31.2 Å². The van der Waals surface area contributed by atoms with Gasteiger partial charge in [-0.1, -0.05) is 0 Å². The lowest BCUT2D eigenvalue weighted by atomic mass is 10.2. The maximum absolute atomic E-state index is 5.75. The fourth-order valence-corrected chi connectivity index (χ4v) is 2.66. The zero-order valence-electron chi connectivity index (χ0n) is 9.69. The van der Waals surface area contributed by atoms with E-state index in [0.29, 0.717) is 0 Å². The molecule has 2 N–H and O–H groups in total. The first kappa shape index (κ1) is 11.8. The summed E-state index contributed by atoms with van der Waals surface area (Å²) in [7, 11) is 0. The number of nitrogens with two attached hydrogens (primary N) is 1. The fraction of sp³-hybridized carbons (Fsp3) is 0.727. The largest absolute Gasteiger partial charge is 0.378 e. The molecule has 1 aromatic rings. The van der Waals surface area contributed by atoms with Crippen molar-refractivity contribution in [1.29, 1.82) is 0 Å². The summed E-state index contributed by atoms with van der Waals surface area (Å²) in [6, 6.07) is 0.272. The molecular weight excluding hydrogens is 222 g/mol. The monoisotopic (exact) mass is 241 g/mol. The van der Waals surface area contributed by atoms with Crippen LogP contribution in [0.5, 0.6) is 0 Å². The van der Waals surface area contributed by atoms with E-state index in [-0.39, 0.29) is 6.04 Å². The van der Waals surface area contributed by atoms with E-state index >= 15 is 0 Å². The van der Waals surface area contributed by atoms with Gasteiger partial charge in [0.05, 0.1) is 13.2 Å². The SMILES string of the molecule is C[C@H](N)CCc1cnc(N2CCOCC2)s1. The van der Waals surface area contributed by atoms with E-state index in [2.05, 4.69) is 9.88 Å². The molecule has 16 heavy (non-hydrogen) atoms. The molecule has 0 radical (unpaired) electrons. The molecule has 0 amide bonds. The van der Waals surface area contributed by atoms with Crippen LogP contribution in [0, 0.1) is 0 Å². The molecule has 1 aromatic heterocycles. The van der Waals surface area contributed by atoms with Crippen LogP contribution in [0.2, 0.25) is 0 Å². The molecule has 0 aliphatic carbocycles. The van der Waals surface area contributed by atoms with Gasteiger partial charge >= 0.3 is 0 Å². The minimum Gasteiger partial charge on any atom is -0.378 e. The van der Waals surface area contributed by atoms with Crippen LogP contribution in [0.15, 0.2) is 6.20 Å². The van der Waals surface area contributed by atoms with Crippen LogP contribution in [-0.2, 0) is 11.2 Å². The summed E-state index contributed by atoms with van der Waals surface area (Å²) in [6.07, 6.45) is 4.06. The Morgan fingerprint density at radius 3 is 3.00 bits per heavy atom. The van der Waals surface area contributed by atoms with Crippen molar-refractivity contribution in [2.45, 2.75) is 25.8 Å². The molecule has 1 aliphatic rings. The van der Waals surface area contributed by atoms with Crippen LogP contribution < -0.4 is 10.6 Å². The third-order valence-corrected chi connectivity index (χ3v) is 3.79. The predicted octanol–water partition coefficient (Wildman–Crippen LogP) is 1.26. The van der Waals surface area contributed by atoms with Gasteiger partial charge in [-0.2, -0.15) is 0 Å². The number of hydrogen-bond acceptors (Lipinski definition) is 5. The lowest BCUT2D eigenvalue weighted by molar-refractivity contribution is 0.122. The van der Waals surface area contributed by atoms with E-state index in [0.717, 1.165) is 44.3 Å². The van der Waals surface area contributed by atoms with Gasteiger partial charge in [0.1, 0.15) is 0 Å². The zero-order chi connectivity index (χ0) is 11.4. The summed E-state index contributed by atoms with van der Waals surface area (Å²) < 4.78 is 5.33. The standard InChI is InChI=1S/C11H19N3OS/c1-9(12)2-3-10-8-13-11(16-10)14-4-6-15-7-5-14/h8-9H,2-7,12H2,1H3/t9-/m0/s1. The van der Waals surface area contributed by atoms with Crippen molar-refractivity contribution in [3.63, 3.8) is 0 Å². The van der Waals surface area contributed by atoms with Crippen LogP contribution in [0.1, 0.15) is 18.2 Å². The van der Waals surface area contributed by atoms with Gasteiger partial charge in [0.25, 0.3) is 0 Å². The van der Waals surface area contributed by atoms with Crippen LogP contribution in [0.25, 0.3) is 0 Å². The van der Waals surface area contributed by atoms with Gasteiger partial charge in [0, 0.05) is 30.2 Å². The minimum atomic E-state index is 0.272. The van der Waals surface area contributed by atoms with E-state index in [1.54, 1.807) is 11.3 Å². The van der Waals surface area contributed by atoms with Crippen LogP contribution in [0.3, 0.4) is 0 Å². The maximum atomic E-state index is 5.75. The van der Waals surface area contributed by atoms with Gasteiger partial charge in [-0.15, -0.1) is 11.3 Å². The van der Waals surface area contributed by atoms with Crippen LogP contribution >= 0.6 is 11.3 Å². The smallest absolute Gasteiger partial charge is 0.185 e. The predicted molar refractivity (Wildman–Crippen MR) is 67.1 cm³/mol. The van der Waals surface area contributed by atoms with Gasteiger partial charge in [0.2, 0.25) is 0 Å². The highest BCUT2D eigenvalue weighted by atomic mass is 32.1. The van der Waals surface area contributed by atoms with E-state index in [4.69, 9.17) is 10.5 Å². The second-order valence-electron chi connectivity index (χ2n) is 4.22. The number of aryl methyl sites for hydroxylation is 1. The molecule has 5 heteroatoms. The Bertz CT molecular complexity index is 321. The van der Waals surface area contributed by atoms with E-state index < -0.39 is 0 Å². The van der Waals surface area contributed by atoms with Gasteiger partial charge in [-0.05, 0) is 19.8 Å². The Hall–Kier alpha value is -0.650. The zero-order valence-corrected chi connectivity index (χ0v) is 10.5. The average molecular weight is 241 g/mol. The molecule has 0 saturated carbocycles. The van der Waals surface area contributed by atoms with Crippen molar-refractivity contribution in [1.82, 2.24) is 4.98 Å². The van der Waals surface area contributed by atoms with Crippen LogP contribution in [-0.4, -0.2) is 37.3 Å². The Kier molecular flexibility index (Phi) is 4.15. The number of anilines is 1. The Labute approximate surface area is 100 Å². The van der Waals surface area contributed by atoms with E-state index in [9.17, 15) is 0 Å². The number of aromatic nitrogens is 1. The molecule has 2 rings (SSSR count). The third kappa shape index (κ3) is 3.17. The van der Waals surface area contributed by atoms with Gasteiger partial charge in [-0.25, -0.2) is 4.98 Å². The number of ether oxygens (including phenoxy) is 1. The lowest BCUT2D eigenvalue weighted by Crippen LogP contribution is -2.36. The topological polar surface area (TPSA) is 51.4 Å². The average Bonchev–Trinajstić information content (AvgIpc) is 2.76. The molecule has 1 saturated heterocycles. The summed E-state index contributed by atoms with van der Waals surface area (Å²) in [5.41, 5.74) is 5.75. The molecule has 1 atom stereocenters. The Morgan fingerprint density at radius 1 is 1.56 bits per heavy atom. The first-order valence-electron chi connectivity index (χ1n) is 5.78. The molecule has 0 aromatic carbocycles. The highest BCUT2D eigenvalue weighted by Gasteiger charge is 2.14. The van der Waals surface area contributed by atoms with Crippen molar-refractivity contribution < 1.29 is 4.74 Å². The number of thiazole rings is 1. The van der Waals surface area contributed by atoms with E-state index in [1.807, 2.05) is 13.1 Å². The third-order valence-electron chi connectivity index (χ3n) is 2.67. The number of rotatable bonds is 4. The number of morpholine rings is 1. The summed E-state index contributed by atoms with van der Waals surface area (Å²) in [5, 5.41) is 1.13. The van der Waals surface area contributed by atoms with Crippen molar-refractivity contribution in [3.05, 3.63) is 11.1 Å². The summed E-state index contributed by atoms with van der Waals surface area (Å²) in [6.45, 7) is 5.59. The second-order valence-corrected chi connectivity index (χ2v) is 5.32. The van der Waals surface area contributed by atoms with Crippen LogP contribution in [0.4, 0.5) is 5.13 Å². The first-order chi connectivity index (χ1) is 7.75. The molecule has 1 fully saturated rings. The second kappa shape index (κ2) is 5.61. The first-order valence-corrected chi connectivity index (χ1v) is 6.60. The molecular formula is C11H19N3OS. The quantitative estimate of drug-likeness (QED) is 0.862. The molecule has 2 heterocycles. The highest BCUT2D eigenvalue weighted by Crippen LogP contribution is 2.24.